The minimum atomic E-state index is 0.279. The van der Waals surface area contributed by atoms with E-state index in [2.05, 4.69) is 27.4 Å². The fourth-order valence-corrected chi connectivity index (χ4v) is 4.48. The molecule has 9 nitrogen and oxygen atoms in total. The lowest BCUT2D eigenvalue weighted by molar-refractivity contribution is 0.153. The van der Waals surface area contributed by atoms with Gasteiger partial charge in [-0.25, -0.2) is 10.8 Å². The molecule has 0 bridgehead atoms. The average molecular weight is 442 g/mol. The summed E-state index contributed by atoms with van der Waals surface area (Å²) in [5.74, 6) is 9.10. The van der Waals surface area contributed by atoms with Gasteiger partial charge in [0.05, 0.1) is 35.4 Å². The Hall–Kier alpha value is -2.81. The number of hydrazine groups is 1. The highest BCUT2D eigenvalue weighted by molar-refractivity contribution is 5.64. The molecule has 0 aliphatic heterocycles. The molecule has 2 aliphatic rings. The molecule has 2 aromatic rings. The van der Waals surface area contributed by atoms with E-state index in [1.54, 1.807) is 7.05 Å². The Bertz CT molecular complexity index is 944. The molecule has 0 radical (unpaired) electrons. The predicted octanol–water partition coefficient (Wildman–Crippen LogP) is 3.54. The van der Waals surface area contributed by atoms with Crippen LogP contribution in [0, 0.1) is 12.8 Å². The number of pyridine rings is 1. The molecule has 5 N–H and O–H groups in total. The van der Waals surface area contributed by atoms with Crippen molar-refractivity contribution in [3.63, 3.8) is 0 Å². The average Bonchev–Trinajstić information content (AvgIpc) is 3.22. The van der Waals surface area contributed by atoms with E-state index in [9.17, 15) is 0 Å². The van der Waals surface area contributed by atoms with E-state index < -0.39 is 0 Å². The summed E-state index contributed by atoms with van der Waals surface area (Å²) < 4.78 is 11.6. The van der Waals surface area contributed by atoms with Gasteiger partial charge >= 0.3 is 0 Å². The van der Waals surface area contributed by atoms with Crippen LogP contribution in [0.5, 0.6) is 5.75 Å². The Morgan fingerprint density at radius 1 is 1.22 bits per heavy atom. The van der Waals surface area contributed by atoms with Crippen LogP contribution in [0.15, 0.2) is 22.4 Å². The third-order valence-corrected chi connectivity index (χ3v) is 6.47. The SMILES string of the molecule is Cc1nc(/C(N)=C(\CNc2noc(C3CC(C)C3)n2)N(C)N)ccc1OC1CCCCC1. The van der Waals surface area contributed by atoms with E-state index in [0.717, 1.165) is 43.0 Å². The molecule has 32 heavy (non-hydrogen) atoms. The van der Waals surface area contributed by atoms with Crippen molar-refractivity contribution in [3.05, 3.63) is 35.1 Å². The van der Waals surface area contributed by atoms with Gasteiger partial charge in [0.15, 0.2) is 0 Å². The minimum Gasteiger partial charge on any atom is -0.489 e. The summed E-state index contributed by atoms with van der Waals surface area (Å²) in [7, 11) is 1.74. The second-order valence-corrected chi connectivity index (χ2v) is 9.21. The second kappa shape index (κ2) is 9.77. The Morgan fingerprint density at radius 3 is 2.62 bits per heavy atom. The Balaban J connectivity index is 1.43. The first kappa shape index (κ1) is 22.4. The van der Waals surface area contributed by atoms with Crippen molar-refractivity contribution < 1.29 is 9.26 Å². The maximum absolute atomic E-state index is 6.46. The maximum atomic E-state index is 6.46. The summed E-state index contributed by atoms with van der Waals surface area (Å²) in [6.07, 6.45) is 8.43. The summed E-state index contributed by atoms with van der Waals surface area (Å²) in [5, 5.41) is 8.69. The highest BCUT2D eigenvalue weighted by Crippen LogP contribution is 2.40. The lowest BCUT2D eigenvalue weighted by atomic mass is 9.76. The lowest BCUT2D eigenvalue weighted by Gasteiger charge is -2.29. The smallest absolute Gasteiger partial charge is 0.263 e. The van der Waals surface area contributed by atoms with E-state index in [1.165, 1.54) is 24.3 Å². The molecule has 2 aromatic heterocycles. The molecular weight excluding hydrogens is 406 g/mol. The van der Waals surface area contributed by atoms with E-state index in [4.69, 9.17) is 20.8 Å². The van der Waals surface area contributed by atoms with Crippen LogP contribution in [0.25, 0.3) is 5.70 Å². The van der Waals surface area contributed by atoms with Crippen LogP contribution in [0.3, 0.4) is 0 Å². The normalized spacial score (nSPS) is 22.1. The largest absolute Gasteiger partial charge is 0.489 e. The molecule has 2 aliphatic carbocycles. The molecule has 174 valence electrons. The highest BCUT2D eigenvalue weighted by Gasteiger charge is 2.31. The van der Waals surface area contributed by atoms with Crippen molar-refractivity contribution in [1.82, 2.24) is 20.1 Å². The zero-order chi connectivity index (χ0) is 22.7. The molecule has 4 rings (SSSR count). The fourth-order valence-electron chi connectivity index (χ4n) is 4.48. The molecule has 2 saturated carbocycles. The molecule has 2 heterocycles. The zero-order valence-electron chi connectivity index (χ0n) is 19.3. The molecule has 0 atom stereocenters. The number of likely N-dealkylation sites (N-methyl/N-ethyl adjacent to an activating group) is 1. The van der Waals surface area contributed by atoms with Crippen LogP contribution in [0.2, 0.25) is 0 Å². The van der Waals surface area contributed by atoms with Gasteiger partial charge in [0.1, 0.15) is 5.75 Å². The summed E-state index contributed by atoms with van der Waals surface area (Å²) in [5.41, 5.74) is 9.11. The number of hydrogen-bond donors (Lipinski definition) is 3. The third-order valence-electron chi connectivity index (χ3n) is 6.47. The van der Waals surface area contributed by atoms with Gasteiger partial charge in [0.25, 0.3) is 5.95 Å². The van der Waals surface area contributed by atoms with Gasteiger partial charge in [0.2, 0.25) is 5.89 Å². The van der Waals surface area contributed by atoms with E-state index in [-0.39, 0.29) is 6.10 Å². The first-order valence-electron chi connectivity index (χ1n) is 11.6. The van der Waals surface area contributed by atoms with Crippen LogP contribution in [0.1, 0.15) is 75.1 Å². The zero-order valence-corrected chi connectivity index (χ0v) is 19.3. The fraction of sp³-hybridized carbons (Fsp3) is 0.609. The molecule has 2 fully saturated rings. The van der Waals surface area contributed by atoms with Gasteiger partial charge in [-0.2, -0.15) is 4.98 Å². The standard InChI is InChI=1S/C23H35N7O2/c1-14-11-16(12-14)22-28-23(29-32-22)26-13-19(30(3)25)21(24)18-9-10-20(15(2)27-18)31-17-7-5-4-6-8-17/h9-10,14,16-17H,4-8,11-13,24-25H2,1-3H3,(H,26,29)/b21-19-. The van der Waals surface area contributed by atoms with Gasteiger partial charge in [-0.15, -0.1) is 0 Å². The number of aromatic nitrogens is 3. The molecule has 0 saturated heterocycles. The van der Waals surface area contributed by atoms with Gasteiger partial charge in [-0.05, 0) is 68.7 Å². The summed E-state index contributed by atoms with van der Waals surface area (Å²) in [6, 6.07) is 3.83. The summed E-state index contributed by atoms with van der Waals surface area (Å²) in [4.78, 5) is 9.15. The van der Waals surface area contributed by atoms with E-state index >= 15 is 0 Å². The molecule has 0 aromatic carbocycles. The number of anilines is 1. The molecule has 0 amide bonds. The number of aryl methyl sites for hydroxylation is 1. The predicted molar refractivity (Wildman–Crippen MR) is 123 cm³/mol. The number of rotatable bonds is 8. The number of nitrogens with one attached hydrogen (secondary N) is 1. The maximum Gasteiger partial charge on any atom is 0.263 e. The Kier molecular flexibility index (Phi) is 6.83. The number of nitrogens with zero attached hydrogens (tertiary/aromatic N) is 4. The van der Waals surface area contributed by atoms with E-state index in [1.807, 2.05) is 19.1 Å². The minimum absolute atomic E-state index is 0.279. The third kappa shape index (κ3) is 5.15. The molecular formula is C23H35N7O2. The van der Waals surface area contributed by atoms with Crippen LogP contribution in [-0.2, 0) is 0 Å². The molecule has 0 spiro atoms. The Labute approximate surface area is 189 Å². The summed E-state index contributed by atoms with van der Waals surface area (Å²) in [6.45, 7) is 4.52. The van der Waals surface area contributed by atoms with Crippen molar-refractivity contribution in [3.8, 4) is 5.75 Å². The number of ether oxygens (including phenoxy) is 1. The van der Waals surface area contributed by atoms with Crippen LogP contribution >= 0.6 is 0 Å². The van der Waals surface area contributed by atoms with Gasteiger partial charge in [-0.3, -0.25) is 0 Å². The van der Waals surface area contributed by atoms with Crippen molar-refractivity contribution >= 4 is 11.6 Å². The monoisotopic (exact) mass is 441 g/mol. The number of nitrogens with two attached hydrogens (primary N) is 2. The van der Waals surface area contributed by atoms with Crippen molar-refractivity contribution in [2.75, 3.05) is 18.9 Å². The second-order valence-electron chi connectivity index (χ2n) is 9.21. The Morgan fingerprint density at radius 2 is 1.97 bits per heavy atom. The van der Waals surface area contributed by atoms with Crippen LogP contribution in [0.4, 0.5) is 5.95 Å². The van der Waals surface area contributed by atoms with Crippen molar-refractivity contribution in [2.24, 2.45) is 17.5 Å². The van der Waals surface area contributed by atoms with Crippen molar-refractivity contribution in [1.29, 1.82) is 0 Å². The van der Waals surface area contributed by atoms with Gasteiger partial charge in [-0.1, -0.05) is 13.3 Å². The van der Waals surface area contributed by atoms with Crippen molar-refractivity contribution in [2.45, 2.75) is 70.8 Å². The summed E-state index contributed by atoms with van der Waals surface area (Å²) >= 11 is 0. The van der Waals surface area contributed by atoms with Crippen LogP contribution in [-0.4, -0.2) is 39.8 Å². The topological polar surface area (TPSA) is 128 Å². The number of hydrogen-bond acceptors (Lipinski definition) is 9. The van der Waals surface area contributed by atoms with E-state index in [0.29, 0.717) is 41.4 Å². The van der Waals surface area contributed by atoms with Gasteiger partial charge < -0.3 is 25.3 Å². The highest BCUT2D eigenvalue weighted by atomic mass is 16.5. The lowest BCUT2D eigenvalue weighted by Crippen LogP contribution is -2.32. The molecule has 0 unspecified atom stereocenters. The van der Waals surface area contributed by atoms with Gasteiger partial charge in [0, 0.05) is 13.0 Å². The first-order chi connectivity index (χ1) is 15.4. The molecule has 9 heteroatoms. The van der Waals surface area contributed by atoms with Crippen LogP contribution < -0.4 is 21.6 Å². The first-order valence-corrected chi connectivity index (χ1v) is 11.6. The quantitative estimate of drug-likeness (QED) is 0.416.